The predicted octanol–water partition coefficient (Wildman–Crippen LogP) is 2.31. The lowest BCUT2D eigenvalue weighted by atomic mass is 10.2. The first-order valence-electron chi connectivity index (χ1n) is 10.6. The van der Waals surface area contributed by atoms with Crippen LogP contribution in [0.15, 0.2) is 11.0 Å². The molecule has 3 heterocycles. The Morgan fingerprint density at radius 1 is 1.32 bits per heavy atom. The van der Waals surface area contributed by atoms with Gasteiger partial charge in [0.15, 0.2) is 17.9 Å². The lowest BCUT2D eigenvalue weighted by Gasteiger charge is -2.19. The third-order valence-electron chi connectivity index (χ3n) is 5.42. The second-order valence-corrected chi connectivity index (χ2v) is 7.88. The quantitative estimate of drug-likeness (QED) is 0.587. The monoisotopic (exact) mass is 443 g/mol. The molecule has 0 aromatic carbocycles. The molecule has 2 aliphatic heterocycles. The zero-order valence-corrected chi connectivity index (χ0v) is 18.0. The van der Waals surface area contributed by atoms with E-state index in [-0.39, 0.29) is 25.2 Å². The minimum Gasteiger partial charge on any atom is -0.449 e. The molecule has 2 aliphatic rings. The van der Waals surface area contributed by atoms with Crippen molar-refractivity contribution in [3.05, 3.63) is 22.5 Å². The number of halogens is 1. The smallest absolute Gasteiger partial charge is 0.412 e. The average molecular weight is 443 g/mol. The Labute approximate surface area is 179 Å². The molecule has 11 heteroatoms. The summed E-state index contributed by atoms with van der Waals surface area (Å²) in [5, 5.41) is 11.9. The molecule has 2 N–H and O–H groups in total. The second kappa shape index (κ2) is 10.5. The van der Waals surface area contributed by atoms with Gasteiger partial charge in [-0.1, -0.05) is 19.8 Å². The summed E-state index contributed by atoms with van der Waals surface area (Å²) in [5.74, 6) is -1.38. The molecule has 1 amide bonds. The number of aliphatic hydroxyl groups excluding tert-OH is 1. The number of aromatic nitrogens is 2. The van der Waals surface area contributed by atoms with E-state index in [0.717, 1.165) is 23.6 Å². The Hall–Kier alpha value is -2.08. The molecule has 10 nitrogen and oxygen atoms in total. The van der Waals surface area contributed by atoms with Gasteiger partial charge in [0.2, 0.25) is 0 Å². The zero-order chi connectivity index (χ0) is 22.5. The van der Waals surface area contributed by atoms with Crippen LogP contribution in [0.3, 0.4) is 0 Å². The van der Waals surface area contributed by atoms with Crippen molar-refractivity contribution < 1.29 is 33.2 Å². The van der Waals surface area contributed by atoms with E-state index >= 15 is 0 Å². The maximum absolute atomic E-state index is 14.5. The van der Waals surface area contributed by atoms with E-state index in [1.165, 1.54) is 0 Å². The summed E-state index contributed by atoms with van der Waals surface area (Å²) >= 11 is 0. The van der Waals surface area contributed by atoms with Crippen LogP contribution in [0.25, 0.3) is 0 Å². The third kappa shape index (κ3) is 6.00. The average Bonchev–Trinajstić information content (AvgIpc) is 3.23. The number of nitrogens with zero attached hydrogens (tertiary/aromatic N) is 2. The fourth-order valence-electron chi connectivity index (χ4n) is 3.57. The molecule has 0 spiro atoms. The molecule has 174 valence electrons. The van der Waals surface area contributed by atoms with Gasteiger partial charge in [0.1, 0.15) is 6.23 Å². The van der Waals surface area contributed by atoms with Gasteiger partial charge in [-0.3, -0.25) is 9.88 Å². The van der Waals surface area contributed by atoms with Crippen LogP contribution in [0.2, 0.25) is 0 Å². The van der Waals surface area contributed by atoms with Crippen LogP contribution in [0, 0.1) is 5.82 Å². The first-order chi connectivity index (χ1) is 14.8. The van der Waals surface area contributed by atoms with Crippen molar-refractivity contribution in [2.75, 3.05) is 11.9 Å². The Kier molecular flexibility index (Phi) is 7.98. The summed E-state index contributed by atoms with van der Waals surface area (Å²) < 4.78 is 37.6. The molecule has 0 radical (unpaired) electrons. The molecule has 6 atom stereocenters. The number of carbonyl (C=O) groups excluding carboxylic acids is 1. The SMILES string of the molecule is CCCCCOC(=O)Nc1nc(=O)n(C2CC(OC3CC(O)C(C)O3)C(C)O2)cc1F. The van der Waals surface area contributed by atoms with Crippen molar-refractivity contribution in [2.24, 2.45) is 0 Å². The van der Waals surface area contributed by atoms with Crippen LogP contribution in [-0.4, -0.2) is 58.1 Å². The van der Waals surface area contributed by atoms with Crippen LogP contribution in [0.5, 0.6) is 0 Å². The molecule has 2 saturated heterocycles. The van der Waals surface area contributed by atoms with Crippen LogP contribution in [0.1, 0.15) is 59.1 Å². The van der Waals surface area contributed by atoms with Gasteiger partial charge in [0.05, 0.1) is 37.2 Å². The Morgan fingerprint density at radius 3 is 2.77 bits per heavy atom. The van der Waals surface area contributed by atoms with Crippen molar-refractivity contribution >= 4 is 11.9 Å². The minimum atomic E-state index is -0.887. The summed E-state index contributed by atoms with van der Waals surface area (Å²) in [6, 6.07) is 0. The highest BCUT2D eigenvalue weighted by Crippen LogP contribution is 2.33. The number of aliphatic hydroxyl groups is 1. The van der Waals surface area contributed by atoms with E-state index in [0.29, 0.717) is 12.8 Å². The van der Waals surface area contributed by atoms with Gasteiger partial charge in [-0.2, -0.15) is 4.98 Å². The number of unbranched alkanes of at least 4 members (excludes halogenated alkanes) is 2. The minimum absolute atomic E-state index is 0.202. The second-order valence-electron chi connectivity index (χ2n) is 7.88. The van der Waals surface area contributed by atoms with Crippen LogP contribution >= 0.6 is 0 Å². The molecular weight excluding hydrogens is 413 g/mol. The maximum atomic E-state index is 14.5. The number of carbonyl (C=O) groups is 1. The molecule has 3 rings (SSSR count). The maximum Gasteiger partial charge on any atom is 0.412 e. The van der Waals surface area contributed by atoms with E-state index in [9.17, 15) is 19.1 Å². The van der Waals surface area contributed by atoms with E-state index < -0.39 is 48.1 Å². The molecule has 0 saturated carbocycles. The lowest BCUT2D eigenvalue weighted by molar-refractivity contribution is -0.169. The summed E-state index contributed by atoms with van der Waals surface area (Å²) in [7, 11) is 0. The highest BCUT2D eigenvalue weighted by Gasteiger charge is 2.40. The van der Waals surface area contributed by atoms with Crippen molar-refractivity contribution in [3.8, 4) is 0 Å². The van der Waals surface area contributed by atoms with Gasteiger partial charge in [-0.05, 0) is 20.3 Å². The number of hydrogen-bond donors (Lipinski definition) is 2. The number of nitrogens with one attached hydrogen (secondary N) is 1. The molecule has 6 unspecified atom stereocenters. The number of rotatable bonds is 8. The van der Waals surface area contributed by atoms with Gasteiger partial charge in [-0.25, -0.2) is 14.0 Å². The summed E-state index contributed by atoms with van der Waals surface area (Å²) in [4.78, 5) is 27.8. The first-order valence-corrected chi connectivity index (χ1v) is 10.6. The summed E-state index contributed by atoms with van der Waals surface area (Å²) in [5.41, 5.74) is -0.776. The van der Waals surface area contributed by atoms with Crippen LogP contribution < -0.4 is 11.0 Å². The van der Waals surface area contributed by atoms with E-state index in [2.05, 4.69) is 10.3 Å². The number of ether oxygens (including phenoxy) is 4. The Morgan fingerprint density at radius 2 is 2.10 bits per heavy atom. The van der Waals surface area contributed by atoms with Crippen molar-refractivity contribution in [3.63, 3.8) is 0 Å². The lowest BCUT2D eigenvalue weighted by Crippen LogP contribution is -2.30. The fraction of sp³-hybridized carbons (Fsp3) is 0.750. The standard InChI is InChI=1S/C20H30FN3O7/c1-4-5-6-7-28-20(27)23-18-13(21)10-24(19(26)22-18)16-9-15(12(3)29-16)31-17-8-14(25)11(2)30-17/h10-12,14-17,25H,4-9H2,1-3H3,(H,22,23,26,27). The van der Waals surface area contributed by atoms with Crippen molar-refractivity contribution in [1.29, 1.82) is 0 Å². The molecule has 1 aromatic heterocycles. The molecule has 2 fully saturated rings. The molecule has 0 bridgehead atoms. The Bertz CT molecular complexity index is 810. The van der Waals surface area contributed by atoms with Crippen molar-refractivity contribution in [1.82, 2.24) is 9.55 Å². The molecule has 31 heavy (non-hydrogen) atoms. The van der Waals surface area contributed by atoms with Crippen LogP contribution in [0.4, 0.5) is 15.0 Å². The molecule has 0 aliphatic carbocycles. The third-order valence-corrected chi connectivity index (χ3v) is 5.42. The van der Waals surface area contributed by atoms with Gasteiger partial charge in [-0.15, -0.1) is 0 Å². The largest absolute Gasteiger partial charge is 0.449 e. The highest BCUT2D eigenvalue weighted by molar-refractivity contribution is 5.83. The zero-order valence-electron chi connectivity index (χ0n) is 18.0. The fourth-order valence-corrected chi connectivity index (χ4v) is 3.57. The predicted molar refractivity (Wildman–Crippen MR) is 107 cm³/mol. The highest BCUT2D eigenvalue weighted by atomic mass is 19.1. The Balaban J connectivity index is 1.59. The van der Waals surface area contributed by atoms with Gasteiger partial charge < -0.3 is 24.1 Å². The first kappa shape index (κ1) is 23.6. The van der Waals surface area contributed by atoms with Gasteiger partial charge >= 0.3 is 11.8 Å². The van der Waals surface area contributed by atoms with Crippen LogP contribution in [-0.2, 0) is 18.9 Å². The van der Waals surface area contributed by atoms with Gasteiger partial charge in [0, 0.05) is 12.8 Å². The molecular formula is C20H30FN3O7. The summed E-state index contributed by atoms with van der Waals surface area (Å²) in [6.07, 6.45) is 0.224. The van der Waals surface area contributed by atoms with Gasteiger partial charge in [0.25, 0.3) is 0 Å². The summed E-state index contributed by atoms with van der Waals surface area (Å²) in [6.45, 7) is 5.76. The topological polar surface area (TPSA) is 121 Å². The number of anilines is 1. The van der Waals surface area contributed by atoms with E-state index in [4.69, 9.17) is 18.9 Å². The van der Waals surface area contributed by atoms with E-state index in [1.54, 1.807) is 13.8 Å². The normalized spacial score (nSPS) is 30.5. The van der Waals surface area contributed by atoms with E-state index in [1.807, 2.05) is 6.92 Å². The number of amides is 1. The molecule has 1 aromatic rings. The number of hydrogen-bond acceptors (Lipinski definition) is 8. The van der Waals surface area contributed by atoms with Crippen molar-refractivity contribution in [2.45, 2.75) is 89.8 Å².